The Bertz CT molecular complexity index is 523. The van der Waals surface area contributed by atoms with Gasteiger partial charge in [0.25, 0.3) is 12.9 Å². The molecule has 1 heterocycles. The van der Waals surface area contributed by atoms with Gasteiger partial charge >= 0.3 is 0 Å². The molecule has 0 radical (unpaired) electrons. The van der Waals surface area contributed by atoms with Crippen molar-refractivity contribution in [2.45, 2.75) is 12.9 Å². The summed E-state index contributed by atoms with van der Waals surface area (Å²) in [4.78, 5) is 6.37. The summed E-state index contributed by atoms with van der Waals surface area (Å²) >= 11 is 2.97. The summed E-state index contributed by atoms with van der Waals surface area (Å²) in [6.45, 7) is 0. The van der Waals surface area contributed by atoms with Crippen molar-refractivity contribution in [2.24, 2.45) is 0 Å². The van der Waals surface area contributed by atoms with Gasteiger partial charge in [-0.2, -0.15) is 0 Å². The van der Waals surface area contributed by atoms with Gasteiger partial charge in [0.1, 0.15) is 0 Å². The molecule has 0 amide bonds. The molecule has 0 aliphatic rings. The van der Waals surface area contributed by atoms with Crippen LogP contribution < -0.4 is 0 Å². The van der Waals surface area contributed by atoms with Crippen LogP contribution in [0.15, 0.2) is 16.9 Å². The maximum Gasteiger partial charge on any atom is 0.266 e. The molecule has 0 spiro atoms. The summed E-state index contributed by atoms with van der Waals surface area (Å²) in [5.74, 6) is 0. The van der Waals surface area contributed by atoms with Crippen molar-refractivity contribution in [2.75, 3.05) is 0 Å². The molecule has 0 aliphatic heterocycles. The van der Waals surface area contributed by atoms with E-state index in [1.807, 2.05) is 0 Å². The van der Waals surface area contributed by atoms with E-state index in [2.05, 4.69) is 25.9 Å². The fraction of sp³-hybridized carbons (Fsp3) is 0.222. The van der Waals surface area contributed by atoms with Crippen molar-refractivity contribution in [1.82, 2.24) is 9.97 Å². The first-order chi connectivity index (χ1) is 7.50. The Balaban J connectivity index is 2.78. The summed E-state index contributed by atoms with van der Waals surface area (Å²) in [5, 5.41) is 0. The van der Waals surface area contributed by atoms with E-state index in [1.54, 1.807) is 0 Å². The normalized spacial score (nSPS) is 11.9. The quantitative estimate of drug-likeness (QED) is 0.827. The number of hydrogen-bond donors (Lipinski definition) is 1. The maximum absolute atomic E-state index is 12.7. The van der Waals surface area contributed by atoms with Crippen molar-refractivity contribution >= 4 is 27.0 Å². The van der Waals surface area contributed by atoms with E-state index in [-0.39, 0.29) is 10.3 Å². The number of benzene rings is 1. The van der Waals surface area contributed by atoms with Crippen LogP contribution in [-0.4, -0.2) is 9.97 Å². The van der Waals surface area contributed by atoms with Gasteiger partial charge in [0.15, 0.2) is 4.73 Å². The standard InChI is InChI=1S/C9H5BrF4N2/c10-9-15-4-2-1-3(7(11)12)5(8(13)14)6(4)16-9/h1-2,7-8H,(H,15,16). The van der Waals surface area contributed by atoms with Crippen LogP contribution in [0.5, 0.6) is 0 Å². The Hall–Kier alpha value is -1.11. The van der Waals surface area contributed by atoms with Gasteiger partial charge in [-0.1, -0.05) is 6.07 Å². The lowest BCUT2D eigenvalue weighted by Gasteiger charge is -2.08. The third-order valence-electron chi connectivity index (χ3n) is 2.15. The van der Waals surface area contributed by atoms with Gasteiger partial charge in [0.2, 0.25) is 0 Å². The SMILES string of the molecule is FC(F)c1ccc2[nH]c(Br)nc2c1C(F)F. The van der Waals surface area contributed by atoms with Gasteiger partial charge in [0, 0.05) is 5.56 Å². The molecule has 1 aromatic heterocycles. The van der Waals surface area contributed by atoms with E-state index in [0.29, 0.717) is 5.52 Å². The third-order valence-corrected chi connectivity index (χ3v) is 2.53. The zero-order chi connectivity index (χ0) is 11.9. The summed E-state index contributed by atoms with van der Waals surface area (Å²) in [5.41, 5.74) is -1.22. The number of imidazole rings is 1. The molecule has 7 heteroatoms. The number of fused-ring (bicyclic) bond motifs is 1. The van der Waals surface area contributed by atoms with Crippen LogP contribution in [0.25, 0.3) is 11.0 Å². The van der Waals surface area contributed by atoms with E-state index in [0.717, 1.165) is 6.07 Å². The fourth-order valence-corrected chi connectivity index (χ4v) is 1.89. The lowest BCUT2D eigenvalue weighted by molar-refractivity contribution is 0.125. The monoisotopic (exact) mass is 296 g/mol. The highest BCUT2D eigenvalue weighted by atomic mass is 79.9. The molecule has 0 bridgehead atoms. The van der Waals surface area contributed by atoms with Crippen molar-refractivity contribution in [3.8, 4) is 0 Å². The first-order valence-electron chi connectivity index (χ1n) is 4.25. The lowest BCUT2D eigenvalue weighted by Crippen LogP contribution is -1.96. The van der Waals surface area contributed by atoms with Crippen LogP contribution in [-0.2, 0) is 0 Å². The number of rotatable bonds is 2. The molecule has 0 unspecified atom stereocenters. The number of hydrogen-bond acceptors (Lipinski definition) is 1. The molecule has 0 fully saturated rings. The molecule has 0 aliphatic carbocycles. The molecule has 0 saturated heterocycles. The molecular formula is C9H5BrF4N2. The van der Waals surface area contributed by atoms with Crippen molar-refractivity contribution in [3.05, 3.63) is 28.0 Å². The Morgan fingerprint density at radius 2 is 1.81 bits per heavy atom. The Morgan fingerprint density at radius 3 is 2.38 bits per heavy atom. The van der Waals surface area contributed by atoms with E-state index in [4.69, 9.17) is 0 Å². The average molecular weight is 297 g/mol. The minimum absolute atomic E-state index is 0.125. The number of aromatic nitrogens is 2. The number of nitrogens with one attached hydrogen (secondary N) is 1. The first-order valence-corrected chi connectivity index (χ1v) is 5.04. The highest BCUT2D eigenvalue weighted by Gasteiger charge is 2.24. The number of aromatic amines is 1. The number of nitrogens with zero attached hydrogens (tertiary/aromatic N) is 1. The highest BCUT2D eigenvalue weighted by Crippen LogP contribution is 2.35. The summed E-state index contributed by atoms with van der Waals surface area (Å²) in [6.07, 6.45) is -5.92. The summed E-state index contributed by atoms with van der Waals surface area (Å²) in [7, 11) is 0. The van der Waals surface area contributed by atoms with Crippen LogP contribution in [0.1, 0.15) is 24.0 Å². The van der Waals surface area contributed by atoms with E-state index in [9.17, 15) is 17.6 Å². The van der Waals surface area contributed by atoms with Gasteiger partial charge in [-0.05, 0) is 22.0 Å². The Kier molecular flexibility index (Phi) is 2.88. The molecule has 86 valence electrons. The van der Waals surface area contributed by atoms with E-state index in [1.165, 1.54) is 6.07 Å². The van der Waals surface area contributed by atoms with Crippen LogP contribution in [0.4, 0.5) is 17.6 Å². The Morgan fingerprint density at radius 1 is 1.12 bits per heavy atom. The minimum Gasteiger partial charge on any atom is -0.332 e. The fourth-order valence-electron chi connectivity index (χ4n) is 1.50. The predicted molar refractivity (Wildman–Crippen MR) is 53.7 cm³/mol. The van der Waals surface area contributed by atoms with E-state index < -0.39 is 24.0 Å². The minimum atomic E-state index is -2.98. The largest absolute Gasteiger partial charge is 0.332 e. The topological polar surface area (TPSA) is 28.7 Å². The lowest BCUT2D eigenvalue weighted by atomic mass is 10.1. The summed E-state index contributed by atoms with van der Waals surface area (Å²) in [6, 6.07) is 2.29. The van der Waals surface area contributed by atoms with Crippen molar-refractivity contribution in [1.29, 1.82) is 0 Å². The van der Waals surface area contributed by atoms with Gasteiger partial charge in [-0.25, -0.2) is 22.5 Å². The van der Waals surface area contributed by atoms with Crippen molar-refractivity contribution < 1.29 is 17.6 Å². The van der Waals surface area contributed by atoms with Crippen LogP contribution >= 0.6 is 15.9 Å². The van der Waals surface area contributed by atoms with E-state index >= 15 is 0 Å². The zero-order valence-corrected chi connectivity index (χ0v) is 9.23. The first kappa shape index (κ1) is 11.4. The molecule has 1 N–H and O–H groups in total. The molecule has 0 atom stereocenters. The second kappa shape index (κ2) is 4.04. The van der Waals surface area contributed by atoms with Crippen LogP contribution in [0.3, 0.4) is 0 Å². The molecule has 0 saturated carbocycles. The molecule has 16 heavy (non-hydrogen) atoms. The smallest absolute Gasteiger partial charge is 0.266 e. The van der Waals surface area contributed by atoms with Crippen LogP contribution in [0, 0.1) is 0 Å². The van der Waals surface area contributed by atoms with Gasteiger partial charge in [0.05, 0.1) is 16.6 Å². The van der Waals surface area contributed by atoms with Gasteiger partial charge in [-0.15, -0.1) is 0 Å². The second-order valence-electron chi connectivity index (χ2n) is 3.09. The molecule has 2 aromatic rings. The molecule has 2 rings (SSSR count). The average Bonchev–Trinajstić information content (AvgIpc) is 2.55. The Labute approximate surface area is 95.8 Å². The summed E-state index contributed by atoms with van der Waals surface area (Å²) < 4.78 is 50.8. The number of halogens is 5. The molecule has 2 nitrogen and oxygen atoms in total. The predicted octanol–water partition coefficient (Wildman–Crippen LogP) is 4.20. The van der Waals surface area contributed by atoms with Gasteiger partial charge in [-0.3, -0.25) is 0 Å². The second-order valence-corrected chi connectivity index (χ2v) is 3.84. The number of alkyl halides is 4. The van der Waals surface area contributed by atoms with Crippen LogP contribution in [0.2, 0.25) is 0 Å². The number of H-pyrrole nitrogens is 1. The maximum atomic E-state index is 12.7. The van der Waals surface area contributed by atoms with Crippen molar-refractivity contribution in [3.63, 3.8) is 0 Å². The molecular weight excluding hydrogens is 292 g/mol. The molecule has 1 aromatic carbocycles. The zero-order valence-electron chi connectivity index (χ0n) is 7.65. The van der Waals surface area contributed by atoms with Gasteiger partial charge < -0.3 is 4.98 Å². The third kappa shape index (κ3) is 1.79. The highest BCUT2D eigenvalue weighted by molar-refractivity contribution is 9.10.